The summed E-state index contributed by atoms with van der Waals surface area (Å²) in [6, 6.07) is -1.47. The monoisotopic (exact) mass is 846 g/mol. The topological polar surface area (TPSA) is 155 Å². The Labute approximate surface area is 356 Å². The van der Waals surface area contributed by atoms with Crippen LogP contribution in [0, 0.1) is 0 Å². The lowest BCUT2D eigenvalue weighted by Gasteiger charge is -2.20. The molecule has 0 aromatic carbocycles. The number of esters is 1. The average Bonchev–Trinajstić information content (AvgIpc) is 3.20. The number of rotatable bonds is 47. The summed E-state index contributed by atoms with van der Waals surface area (Å²) in [7, 11) is -4.61. The van der Waals surface area contributed by atoms with Crippen molar-refractivity contribution in [1.82, 2.24) is 0 Å². The molecule has 3 unspecified atom stereocenters. The predicted octanol–water partition coefficient (Wildman–Crippen LogP) is 13.7. The molecule has 0 fully saturated rings. The number of carbonyl (C=O) groups is 2. The van der Waals surface area contributed by atoms with E-state index >= 15 is 0 Å². The van der Waals surface area contributed by atoms with E-state index in [9.17, 15) is 19.0 Å². The number of ether oxygens (including phenoxy) is 2. The molecular formula is C47H92NO9P. The van der Waals surface area contributed by atoms with E-state index in [1.165, 1.54) is 180 Å². The minimum absolute atomic E-state index is 0.0227. The Balaban J connectivity index is 4.04. The lowest BCUT2D eigenvalue weighted by Crippen LogP contribution is -2.34. The molecule has 0 aromatic heterocycles. The van der Waals surface area contributed by atoms with Crippen LogP contribution in [0.3, 0.4) is 0 Å². The molecule has 0 saturated heterocycles. The first-order chi connectivity index (χ1) is 28.2. The van der Waals surface area contributed by atoms with E-state index in [2.05, 4.69) is 26.0 Å². The number of carboxylic acid groups (broad SMARTS) is 1. The standard InChI is InChI=1S/C47H92NO9P/c1-3-5-7-9-11-13-15-17-18-19-20-21-22-23-24-25-26-27-28-30-32-34-36-38-40-54-41-44(42-55-58(52,53)56-43-45(48)47(50)51)57-46(49)39-37-35-33-31-29-16-14-12-10-8-6-4-2/h19-20,44-45H,3-18,21-43,48H2,1-2H3,(H,50,51)(H,52,53)/b20-19-. The molecule has 0 aromatic rings. The smallest absolute Gasteiger partial charge is 0.472 e. The van der Waals surface area contributed by atoms with Gasteiger partial charge in [-0.15, -0.1) is 0 Å². The number of unbranched alkanes of at least 4 members (excludes halogenated alkanes) is 31. The highest BCUT2D eigenvalue weighted by Gasteiger charge is 2.27. The van der Waals surface area contributed by atoms with Crippen molar-refractivity contribution in [3.8, 4) is 0 Å². The molecule has 0 bridgehead atoms. The number of carboxylic acids is 1. The number of hydrogen-bond acceptors (Lipinski definition) is 8. The zero-order valence-electron chi connectivity index (χ0n) is 37.7. The molecule has 58 heavy (non-hydrogen) atoms. The molecule has 3 atom stereocenters. The van der Waals surface area contributed by atoms with Gasteiger partial charge < -0.3 is 25.2 Å². The molecule has 0 aliphatic carbocycles. The molecule has 11 heteroatoms. The average molecular weight is 846 g/mol. The lowest BCUT2D eigenvalue weighted by molar-refractivity contribution is -0.154. The van der Waals surface area contributed by atoms with E-state index in [1.807, 2.05) is 0 Å². The fraction of sp³-hybridized carbons (Fsp3) is 0.915. The van der Waals surface area contributed by atoms with Crippen molar-refractivity contribution < 1.29 is 42.7 Å². The minimum atomic E-state index is -4.61. The Bertz CT molecular complexity index is 982. The zero-order chi connectivity index (χ0) is 42.6. The Morgan fingerprint density at radius 1 is 0.534 bits per heavy atom. The van der Waals surface area contributed by atoms with E-state index in [0.717, 1.165) is 38.5 Å². The van der Waals surface area contributed by atoms with Crippen molar-refractivity contribution in [3.63, 3.8) is 0 Å². The molecule has 0 aliphatic rings. The number of phosphoric ester groups is 1. The molecule has 10 nitrogen and oxygen atoms in total. The number of phosphoric acid groups is 1. The van der Waals surface area contributed by atoms with E-state index in [1.54, 1.807) is 0 Å². The summed E-state index contributed by atoms with van der Waals surface area (Å²) >= 11 is 0. The summed E-state index contributed by atoms with van der Waals surface area (Å²) in [6.45, 7) is 3.91. The fourth-order valence-electron chi connectivity index (χ4n) is 7.01. The summed E-state index contributed by atoms with van der Waals surface area (Å²) in [4.78, 5) is 33.5. The number of nitrogens with two attached hydrogens (primary N) is 1. The first-order valence-electron chi connectivity index (χ1n) is 24.2. The predicted molar refractivity (Wildman–Crippen MR) is 240 cm³/mol. The molecule has 4 N–H and O–H groups in total. The Hall–Kier alpha value is -1.29. The molecule has 0 heterocycles. The molecule has 344 valence electrons. The molecular weight excluding hydrogens is 753 g/mol. The van der Waals surface area contributed by atoms with Gasteiger partial charge in [0, 0.05) is 13.0 Å². The van der Waals surface area contributed by atoms with E-state index in [0.29, 0.717) is 6.61 Å². The summed E-state index contributed by atoms with van der Waals surface area (Å²) in [5, 5.41) is 8.90. The van der Waals surface area contributed by atoms with Gasteiger partial charge in [-0.3, -0.25) is 18.6 Å². The maximum Gasteiger partial charge on any atom is 0.472 e. The van der Waals surface area contributed by atoms with Crippen LogP contribution in [-0.2, 0) is 32.7 Å². The van der Waals surface area contributed by atoms with Crippen LogP contribution in [0.25, 0.3) is 0 Å². The van der Waals surface area contributed by atoms with Crippen LogP contribution in [-0.4, -0.2) is 60.5 Å². The zero-order valence-corrected chi connectivity index (χ0v) is 38.6. The van der Waals surface area contributed by atoms with E-state index in [-0.39, 0.29) is 13.0 Å². The highest BCUT2D eigenvalue weighted by Crippen LogP contribution is 2.43. The normalized spacial score (nSPS) is 13.9. The Morgan fingerprint density at radius 2 is 0.897 bits per heavy atom. The van der Waals surface area contributed by atoms with Gasteiger partial charge in [0.1, 0.15) is 12.1 Å². The summed E-state index contributed by atoms with van der Waals surface area (Å²) in [6.07, 6.45) is 47.0. The van der Waals surface area contributed by atoms with Gasteiger partial charge in [-0.25, -0.2) is 4.57 Å². The highest BCUT2D eigenvalue weighted by atomic mass is 31.2. The summed E-state index contributed by atoms with van der Waals surface area (Å²) < 4.78 is 33.4. The largest absolute Gasteiger partial charge is 0.480 e. The first-order valence-corrected chi connectivity index (χ1v) is 25.7. The van der Waals surface area contributed by atoms with Gasteiger partial charge in [0.05, 0.1) is 19.8 Å². The SMILES string of the molecule is CCCCCCCCCC/C=C\CCCCCCCCCCCCCCOCC(COP(=O)(O)OCC(N)C(=O)O)OC(=O)CCCCCCCCCCCCCC. The van der Waals surface area contributed by atoms with Gasteiger partial charge in [-0.1, -0.05) is 206 Å². The van der Waals surface area contributed by atoms with Crippen molar-refractivity contribution in [2.24, 2.45) is 5.73 Å². The number of allylic oxidation sites excluding steroid dienone is 2. The van der Waals surface area contributed by atoms with Crippen LogP contribution < -0.4 is 5.73 Å². The third-order valence-corrected chi connectivity index (χ3v) is 11.7. The number of carbonyl (C=O) groups excluding carboxylic acids is 1. The third kappa shape index (κ3) is 42.8. The quantitative estimate of drug-likeness (QED) is 0.0233. The van der Waals surface area contributed by atoms with E-state index in [4.69, 9.17) is 29.4 Å². The Kier molecular flexibility index (Phi) is 42.8. The van der Waals surface area contributed by atoms with Crippen molar-refractivity contribution in [2.75, 3.05) is 26.4 Å². The second-order valence-electron chi connectivity index (χ2n) is 16.6. The molecule has 0 saturated carbocycles. The van der Waals surface area contributed by atoms with Crippen molar-refractivity contribution >= 4 is 19.8 Å². The van der Waals surface area contributed by atoms with Gasteiger partial charge >= 0.3 is 19.8 Å². The van der Waals surface area contributed by atoms with Crippen LogP contribution in [0.5, 0.6) is 0 Å². The first kappa shape index (κ1) is 56.7. The van der Waals surface area contributed by atoms with Crippen molar-refractivity contribution in [2.45, 2.75) is 251 Å². The maximum absolute atomic E-state index is 12.6. The second-order valence-corrected chi connectivity index (χ2v) is 18.1. The molecule has 0 radical (unpaired) electrons. The molecule has 0 rings (SSSR count). The van der Waals surface area contributed by atoms with Gasteiger partial charge in [-0.05, 0) is 38.5 Å². The summed E-state index contributed by atoms with van der Waals surface area (Å²) in [5.41, 5.74) is 5.36. The van der Waals surface area contributed by atoms with Crippen LogP contribution in [0.4, 0.5) is 0 Å². The molecule has 0 spiro atoms. The van der Waals surface area contributed by atoms with E-state index < -0.39 is 45.1 Å². The van der Waals surface area contributed by atoms with Crippen LogP contribution in [0.15, 0.2) is 12.2 Å². The summed E-state index contributed by atoms with van der Waals surface area (Å²) in [5.74, 6) is -1.77. The van der Waals surface area contributed by atoms with Crippen LogP contribution in [0.2, 0.25) is 0 Å². The maximum atomic E-state index is 12.6. The van der Waals surface area contributed by atoms with Crippen LogP contribution >= 0.6 is 7.82 Å². The lowest BCUT2D eigenvalue weighted by atomic mass is 10.0. The van der Waals surface area contributed by atoms with Crippen molar-refractivity contribution in [3.05, 3.63) is 12.2 Å². The molecule has 0 amide bonds. The minimum Gasteiger partial charge on any atom is -0.480 e. The fourth-order valence-corrected chi connectivity index (χ4v) is 7.79. The number of aliphatic carboxylic acids is 1. The van der Waals surface area contributed by atoms with Crippen molar-refractivity contribution in [1.29, 1.82) is 0 Å². The van der Waals surface area contributed by atoms with Crippen LogP contribution in [0.1, 0.15) is 239 Å². The highest BCUT2D eigenvalue weighted by molar-refractivity contribution is 7.47. The van der Waals surface area contributed by atoms with Gasteiger partial charge in [0.25, 0.3) is 0 Å². The number of hydrogen-bond donors (Lipinski definition) is 3. The van der Waals surface area contributed by atoms with Gasteiger partial charge in [-0.2, -0.15) is 0 Å². The Morgan fingerprint density at radius 3 is 1.31 bits per heavy atom. The van der Waals surface area contributed by atoms with Gasteiger partial charge in [0.15, 0.2) is 0 Å². The van der Waals surface area contributed by atoms with Gasteiger partial charge in [0.2, 0.25) is 0 Å². The second kappa shape index (κ2) is 43.8. The third-order valence-electron chi connectivity index (χ3n) is 10.8. The molecule has 0 aliphatic heterocycles.